The van der Waals surface area contributed by atoms with Gasteiger partial charge in [-0.2, -0.15) is 0 Å². The first-order chi connectivity index (χ1) is 12.3. The first-order valence-electron chi connectivity index (χ1n) is 8.70. The Morgan fingerprint density at radius 2 is 1.92 bits per heavy atom. The zero-order chi connectivity index (χ0) is 19.3. The number of aryl methyl sites for hydroxylation is 1. The predicted molar refractivity (Wildman–Crippen MR) is 99.6 cm³/mol. The summed E-state index contributed by atoms with van der Waals surface area (Å²) < 4.78 is 6.44. The SMILES string of the molecule is CCCCCCn1c(=O)c(OC(C)=O)c(O)c2ccc(NC(C)=O)cc21. The number of carbonyl (C=O) groups is 2. The van der Waals surface area contributed by atoms with Crippen molar-refractivity contribution in [2.24, 2.45) is 0 Å². The number of aromatic hydroxyl groups is 1. The van der Waals surface area contributed by atoms with Gasteiger partial charge in [0.2, 0.25) is 11.7 Å². The summed E-state index contributed by atoms with van der Waals surface area (Å²) in [6, 6.07) is 4.84. The van der Waals surface area contributed by atoms with Crippen molar-refractivity contribution in [1.82, 2.24) is 4.57 Å². The van der Waals surface area contributed by atoms with E-state index in [9.17, 15) is 19.5 Å². The summed E-state index contributed by atoms with van der Waals surface area (Å²) in [7, 11) is 0. The van der Waals surface area contributed by atoms with Crippen LogP contribution in [0.3, 0.4) is 0 Å². The number of amides is 1. The number of pyridine rings is 1. The van der Waals surface area contributed by atoms with Gasteiger partial charge in [0.05, 0.1) is 5.52 Å². The fourth-order valence-electron chi connectivity index (χ4n) is 2.85. The number of aromatic nitrogens is 1. The first-order valence-corrected chi connectivity index (χ1v) is 8.70. The van der Waals surface area contributed by atoms with Crippen LogP contribution in [0.2, 0.25) is 0 Å². The van der Waals surface area contributed by atoms with Crippen LogP contribution in [0.4, 0.5) is 5.69 Å². The van der Waals surface area contributed by atoms with Gasteiger partial charge in [0.1, 0.15) is 0 Å². The second-order valence-electron chi connectivity index (χ2n) is 6.20. The largest absolute Gasteiger partial charge is 0.504 e. The van der Waals surface area contributed by atoms with Gasteiger partial charge in [-0.05, 0) is 24.6 Å². The minimum absolute atomic E-state index is 0.234. The van der Waals surface area contributed by atoms with Gasteiger partial charge in [-0.3, -0.25) is 14.4 Å². The number of anilines is 1. The standard InChI is InChI=1S/C19H24N2O5/c1-4-5-6-7-10-21-16-11-14(20-12(2)22)8-9-15(16)17(24)18(19(21)25)26-13(3)23/h8-9,11,24H,4-7,10H2,1-3H3,(H,20,22). The maximum atomic E-state index is 12.8. The van der Waals surface area contributed by atoms with E-state index in [1.165, 1.54) is 18.4 Å². The molecule has 0 saturated heterocycles. The average Bonchev–Trinajstić information content (AvgIpc) is 2.57. The van der Waals surface area contributed by atoms with Crippen LogP contribution in [0.1, 0.15) is 46.5 Å². The fraction of sp³-hybridized carbons (Fsp3) is 0.421. The molecule has 0 atom stereocenters. The molecule has 0 spiro atoms. The summed E-state index contributed by atoms with van der Waals surface area (Å²) in [6.07, 6.45) is 3.85. The van der Waals surface area contributed by atoms with E-state index in [2.05, 4.69) is 12.2 Å². The molecule has 0 aliphatic heterocycles. The van der Waals surface area contributed by atoms with Crippen molar-refractivity contribution in [2.45, 2.75) is 53.0 Å². The number of fused-ring (bicyclic) bond motifs is 1. The maximum absolute atomic E-state index is 12.8. The Bertz CT molecular complexity index is 886. The number of nitrogens with one attached hydrogen (secondary N) is 1. The summed E-state index contributed by atoms with van der Waals surface area (Å²) >= 11 is 0. The molecule has 1 aromatic heterocycles. The molecule has 2 aromatic rings. The van der Waals surface area contributed by atoms with Gasteiger partial charge in [-0.1, -0.05) is 26.2 Å². The highest BCUT2D eigenvalue weighted by Gasteiger charge is 2.19. The van der Waals surface area contributed by atoms with Gasteiger partial charge in [-0.25, -0.2) is 0 Å². The normalized spacial score (nSPS) is 10.7. The second-order valence-corrected chi connectivity index (χ2v) is 6.20. The molecule has 7 heteroatoms. The number of rotatable bonds is 7. The van der Waals surface area contributed by atoms with E-state index in [0.717, 1.165) is 25.7 Å². The third-order valence-electron chi connectivity index (χ3n) is 4.00. The number of hydrogen-bond donors (Lipinski definition) is 2. The Labute approximate surface area is 151 Å². The highest BCUT2D eigenvalue weighted by atomic mass is 16.5. The van der Waals surface area contributed by atoms with E-state index in [-0.39, 0.29) is 17.4 Å². The molecule has 1 heterocycles. The van der Waals surface area contributed by atoms with Crippen molar-refractivity contribution in [3.05, 3.63) is 28.6 Å². The Morgan fingerprint density at radius 1 is 1.19 bits per heavy atom. The Morgan fingerprint density at radius 3 is 2.54 bits per heavy atom. The highest BCUT2D eigenvalue weighted by molar-refractivity contribution is 5.95. The molecular weight excluding hydrogens is 336 g/mol. The minimum atomic E-state index is -0.677. The van der Waals surface area contributed by atoms with Crippen molar-refractivity contribution in [3.8, 4) is 11.5 Å². The van der Waals surface area contributed by atoms with Crippen LogP contribution in [0.5, 0.6) is 11.5 Å². The molecule has 1 aromatic carbocycles. The summed E-state index contributed by atoms with van der Waals surface area (Å²) in [6.45, 7) is 5.09. The number of hydrogen-bond acceptors (Lipinski definition) is 5. The fourth-order valence-corrected chi connectivity index (χ4v) is 2.85. The molecule has 0 radical (unpaired) electrons. The van der Waals surface area contributed by atoms with Gasteiger partial charge in [0.25, 0.3) is 5.56 Å². The lowest BCUT2D eigenvalue weighted by Gasteiger charge is -2.15. The monoisotopic (exact) mass is 360 g/mol. The third kappa shape index (κ3) is 4.41. The van der Waals surface area contributed by atoms with Crippen LogP contribution in [0, 0.1) is 0 Å². The van der Waals surface area contributed by atoms with Crippen molar-refractivity contribution < 1.29 is 19.4 Å². The van der Waals surface area contributed by atoms with Crippen molar-refractivity contribution >= 4 is 28.5 Å². The predicted octanol–water partition coefficient (Wildman–Crippen LogP) is 3.17. The molecule has 0 unspecified atom stereocenters. The lowest BCUT2D eigenvalue weighted by atomic mass is 10.1. The van der Waals surface area contributed by atoms with E-state index in [4.69, 9.17) is 4.74 Å². The lowest BCUT2D eigenvalue weighted by Crippen LogP contribution is -2.24. The first kappa shape index (κ1) is 19.5. The maximum Gasteiger partial charge on any atom is 0.308 e. The number of ether oxygens (including phenoxy) is 1. The molecule has 2 rings (SSSR count). The molecule has 1 amide bonds. The third-order valence-corrected chi connectivity index (χ3v) is 4.00. The molecule has 0 bridgehead atoms. The summed E-state index contributed by atoms with van der Waals surface area (Å²) in [5, 5.41) is 13.5. The topological polar surface area (TPSA) is 97.6 Å². The summed E-state index contributed by atoms with van der Waals surface area (Å²) in [5.74, 6) is -1.65. The van der Waals surface area contributed by atoms with Crippen molar-refractivity contribution in [3.63, 3.8) is 0 Å². The lowest BCUT2D eigenvalue weighted by molar-refractivity contribution is -0.132. The highest BCUT2D eigenvalue weighted by Crippen LogP contribution is 2.33. The number of unbranched alkanes of at least 4 members (excludes halogenated alkanes) is 3. The zero-order valence-corrected chi connectivity index (χ0v) is 15.3. The van der Waals surface area contributed by atoms with Crippen LogP contribution in [0.15, 0.2) is 23.0 Å². The molecule has 0 saturated carbocycles. The molecule has 0 aliphatic rings. The Kier molecular flexibility index (Phi) is 6.38. The molecule has 0 fully saturated rings. The molecule has 7 nitrogen and oxygen atoms in total. The number of esters is 1. The smallest absolute Gasteiger partial charge is 0.308 e. The van der Waals surface area contributed by atoms with E-state index >= 15 is 0 Å². The van der Waals surface area contributed by atoms with E-state index in [0.29, 0.717) is 23.1 Å². The Hall–Kier alpha value is -2.83. The van der Waals surface area contributed by atoms with Gasteiger partial charge >= 0.3 is 5.97 Å². The van der Waals surface area contributed by atoms with Crippen LogP contribution < -0.4 is 15.6 Å². The number of carbonyl (C=O) groups excluding carboxylic acids is 2. The van der Waals surface area contributed by atoms with Crippen LogP contribution in [-0.4, -0.2) is 21.6 Å². The molecule has 26 heavy (non-hydrogen) atoms. The minimum Gasteiger partial charge on any atom is -0.504 e. The number of nitrogens with zero attached hydrogens (tertiary/aromatic N) is 1. The summed E-state index contributed by atoms with van der Waals surface area (Å²) in [4.78, 5) is 35.4. The van der Waals surface area contributed by atoms with E-state index < -0.39 is 11.5 Å². The van der Waals surface area contributed by atoms with Crippen LogP contribution >= 0.6 is 0 Å². The quantitative estimate of drug-likeness (QED) is 0.584. The van der Waals surface area contributed by atoms with Gasteiger partial charge in [0, 0.05) is 31.5 Å². The van der Waals surface area contributed by atoms with Crippen molar-refractivity contribution in [2.75, 3.05) is 5.32 Å². The molecule has 2 N–H and O–H groups in total. The van der Waals surface area contributed by atoms with E-state index in [1.807, 2.05) is 0 Å². The van der Waals surface area contributed by atoms with E-state index in [1.54, 1.807) is 18.2 Å². The number of benzene rings is 1. The van der Waals surface area contributed by atoms with Gasteiger partial charge < -0.3 is 19.7 Å². The molecule has 140 valence electrons. The van der Waals surface area contributed by atoms with Gasteiger partial charge in [-0.15, -0.1) is 0 Å². The average molecular weight is 360 g/mol. The van der Waals surface area contributed by atoms with Crippen LogP contribution in [0.25, 0.3) is 10.9 Å². The zero-order valence-electron chi connectivity index (χ0n) is 15.3. The molecular formula is C19H24N2O5. The van der Waals surface area contributed by atoms with Crippen LogP contribution in [-0.2, 0) is 16.1 Å². The second kappa shape index (κ2) is 8.51. The van der Waals surface area contributed by atoms with Crippen molar-refractivity contribution in [1.29, 1.82) is 0 Å². The van der Waals surface area contributed by atoms with Gasteiger partial charge in [0.15, 0.2) is 5.75 Å². The summed E-state index contributed by atoms with van der Waals surface area (Å²) in [5.41, 5.74) is 0.430. The Balaban J connectivity index is 2.61. The molecule has 0 aliphatic carbocycles.